The summed E-state index contributed by atoms with van der Waals surface area (Å²) in [6.07, 6.45) is 0. The normalized spacial score (nSPS) is 15.0. The number of piperazine rings is 1. The number of non-ortho nitro benzene ring substituents is 1. The van der Waals surface area contributed by atoms with Gasteiger partial charge in [0, 0.05) is 58.1 Å². The SMILES string of the molecule is Cc1ccc(C)c(S(=O)(=O)N2CCN(C(=O)c3cc([N+](=O)[O-])ccc3N(C)C)CC2)c1. The minimum absolute atomic E-state index is 0.160. The molecule has 0 bridgehead atoms. The van der Waals surface area contributed by atoms with Gasteiger partial charge in [0.15, 0.2) is 0 Å². The molecule has 1 aliphatic rings. The summed E-state index contributed by atoms with van der Waals surface area (Å²) in [7, 11) is -0.158. The van der Waals surface area contributed by atoms with Crippen LogP contribution in [0.25, 0.3) is 0 Å². The summed E-state index contributed by atoms with van der Waals surface area (Å²) < 4.78 is 27.6. The van der Waals surface area contributed by atoms with Crippen molar-refractivity contribution in [3.05, 3.63) is 63.2 Å². The number of rotatable bonds is 5. The molecule has 2 aromatic carbocycles. The molecule has 2 aromatic rings. The molecule has 0 saturated carbocycles. The van der Waals surface area contributed by atoms with Gasteiger partial charge in [-0.1, -0.05) is 12.1 Å². The zero-order valence-electron chi connectivity index (χ0n) is 18.0. The average molecular weight is 447 g/mol. The Hall–Kier alpha value is -2.98. The van der Waals surface area contributed by atoms with Crippen molar-refractivity contribution in [1.82, 2.24) is 9.21 Å². The predicted octanol–water partition coefficient (Wildman–Crippen LogP) is 2.42. The molecule has 0 atom stereocenters. The number of aryl methyl sites for hydroxylation is 2. The molecule has 3 rings (SSSR count). The van der Waals surface area contributed by atoms with Crippen molar-refractivity contribution < 1.29 is 18.1 Å². The monoisotopic (exact) mass is 446 g/mol. The van der Waals surface area contributed by atoms with Crippen molar-refractivity contribution >= 4 is 27.3 Å². The van der Waals surface area contributed by atoms with Crippen molar-refractivity contribution in [1.29, 1.82) is 0 Å². The second-order valence-corrected chi connectivity index (χ2v) is 9.72. The van der Waals surface area contributed by atoms with Crippen LogP contribution in [-0.4, -0.2) is 68.7 Å². The van der Waals surface area contributed by atoms with Crippen LogP contribution in [0.5, 0.6) is 0 Å². The van der Waals surface area contributed by atoms with Crippen LogP contribution in [0.3, 0.4) is 0 Å². The fourth-order valence-corrected chi connectivity index (χ4v) is 5.36. The third-order valence-electron chi connectivity index (χ3n) is 5.39. The minimum Gasteiger partial charge on any atom is -0.377 e. The van der Waals surface area contributed by atoms with Crippen LogP contribution in [-0.2, 0) is 10.0 Å². The molecule has 1 amide bonds. The van der Waals surface area contributed by atoms with Crippen molar-refractivity contribution in [2.45, 2.75) is 18.7 Å². The quantitative estimate of drug-likeness (QED) is 0.516. The summed E-state index contributed by atoms with van der Waals surface area (Å²) in [5.41, 5.74) is 2.17. The van der Waals surface area contributed by atoms with E-state index in [0.717, 1.165) is 5.56 Å². The minimum atomic E-state index is -3.67. The highest BCUT2D eigenvalue weighted by Crippen LogP contribution is 2.27. The highest BCUT2D eigenvalue weighted by atomic mass is 32.2. The summed E-state index contributed by atoms with van der Waals surface area (Å²) >= 11 is 0. The van der Waals surface area contributed by atoms with Crippen LogP contribution in [0.1, 0.15) is 21.5 Å². The van der Waals surface area contributed by atoms with Crippen LogP contribution in [0.2, 0.25) is 0 Å². The maximum absolute atomic E-state index is 13.1. The van der Waals surface area contributed by atoms with E-state index in [-0.39, 0.29) is 48.2 Å². The van der Waals surface area contributed by atoms with Gasteiger partial charge in [0.2, 0.25) is 10.0 Å². The van der Waals surface area contributed by atoms with Crippen molar-refractivity contribution in [3.63, 3.8) is 0 Å². The third-order valence-corrected chi connectivity index (χ3v) is 7.43. The molecular formula is C21H26N4O5S. The Labute approximate surface area is 182 Å². The Morgan fingerprint density at radius 2 is 1.68 bits per heavy atom. The molecule has 1 fully saturated rings. The number of carbonyl (C=O) groups is 1. The van der Waals surface area contributed by atoms with E-state index in [2.05, 4.69) is 0 Å². The van der Waals surface area contributed by atoms with E-state index in [9.17, 15) is 23.3 Å². The molecule has 0 aliphatic carbocycles. The molecule has 0 spiro atoms. The lowest BCUT2D eigenvalue weighted by Crippen LogP contribution is -2.50. The third kappa shape index (κ3) is 4.54. The first-order valence-electron chi connectivity index (χ1n) is 9.85. The van der Waals surface area contributed by atoms with Crippen LogP contribution in [0.4, 0.5) is 11.4 Å². The average Bonchev–Trinajstić information content (AvgIpc) is 2.74. The Morgan fingerprint density at radius 1 is 1.03 bits per heavy atom. The smallest absolute Gasteiger partial charge is 0.270 e. The highest BCUT2D eigenvalue weighted by Gasteiger charge is 2.32. The molecule has 0 N–H and O–H groups in total. The molecule has 31 heavy (non-hydrogen) atoms. The standard InChI is InChI=1S/C21H26N4O5S/c1-15-5-6-16(2)20(13-15)31(29,30)24-11-9-23(10-12-24)21(26)18-14-17(25(27)28)7-8-19(18)22(3)4/h5-8,13-14H,9-12H2,1-4H3. The van der Waals surface area contributed by atoms with Gasteiger partial charge in [-0.15, -0.1) is 0 Å². The van der Waals surface area contributed by atoms with Crippen LogP contribution in [0.15, 0.2) is 41.3 Å². The van der Waals surface area contributed by atoms with E-state index >= 15 is 0 Å². The maximum atomic E-state index is 13.1. The lowest BCUT2D eigenvalue weighted by Gasteiger charge is -2.34. The van der Waals surface area contributed by atoms with E-state index in [4.69, 9.17) is 0 Å². The van der Waals surface area contributed by atoms with E-state index in [1.54, 1.807) is 49.0 Å². The number of benzene rings is 2. The summed E-state index contributed by atoms with van der Waals surface area (Å²) in [5.74, 6) is -0.351. The zero-order chi connectivity index (χ0) is 22.9. The second kappa shape index (κ2) is 8.64. The molecule has 1 saturated heterocycles. The molecule has 0 unspecified atom stereocenters. The predicted molar refractivity (Wildman–Crippen MR) is 118 cm³/mol. The second-order valence-electron chi connectivity index (χ2n) is 7.82. The van der Waals surface area contributed by atoms with E-state index in [0.29, 0.717) is 11.3 Å². The van der Waals surface area contributed by atoms with Gasteiger partial charge >= 0.3 is 0 Å². The molecule has 10 heteroatoms. The number of nitrogens with zero attached hydrogens (tertiary/aromatic N) is 4. The number of nitro benzene ring substituents is 1. The number of carbonyl (C=O) groups excluding carboxylic acids is 1. The van der Waals surface area contributed by atoms with E-state index in [1.807, 2.05) is 13.0 Å². The fourth-order valence-electron chi connectivity index (χ4n) is 3.63. The number of hydrogen-bond donors (Lipinski definition) is 0. The first-order valence-corrected chi connectivity index (χ1v) is 11.3. The van der Waals surface area contributed by atoms with Gasteiger partial charge in [-0.05, 0) is 37.1 Å². The number of anilines is 1. The Morgan fingerprint density at radius 3 is 2.26 bits per heavy atom. The number of nitro groups is 1. The lowest BCUT2D eigenvalue weighted by molar-refractivity contribution is -0.384. The maximum Gasteiger partial charge on any atom is 0.270 e. The Balaban J connectivity index is 1.81. The Kier molecular flexibility index (Phi) is 6.33. The van der Waals surface area contributed by atoms with Crippen LogP contribution in [0, 0.1) is 24.0 Å². The van der Waals surface area contributed by atoms with Crippen molar-refractivity contribution in [2.24, 2.45) is 0 Å². The summed E-state index contributed by atoms with van der Waals surface area (Å²) in [6, 6.07) is 9.50. The first kappa shape index (κ1) is 22.7. The van der Waals surface area contributed by atoms with Gasteiger partial charge in [-0.2, -0.15) is 4.31 Å². The number of sulfonamides is 1. The van der Waals surface area contributed by atoms with Gasteiger partial charge in [0.1, 0.15) is 0 Å². The molecule has 0 aromatic heterocycles. The van der Waals surface area contributed by atoms with Crippen molar-refractivity contribution in [2.75, 3.05) is 45.2 Å². The topological polar surface area (TPSA) is 104 Å². The Bertz CT molecular complexity index is 1120. The van der Waals surface area contributed by atoms with Gasteiger partial charge in [-0.25, -0.2) is 8.42 Å². The number of amides is 1. The van der Waals surface area contributed by atoms with Crippen molar-refractivity contribution in [3.8, 4) is 0 Å². The highest BCUT2D eigenvalue weighted by molar-refractivity contribution is 7.89. The fraction of sp³-hybridized carbons (Fsp3) is 0.381. The molecule has 166 valence electrons. The molecule has 0 radical (unpaired) electrons. The van der Waals surface area contributed by atoms with Crippen LogP contribution >= 0.6 is 0 Å². The van der Waals surface area contributed by atoms with Gasteiger partial charge < -0.3 is 9.80 Å². The molecular weight excluding hydrogens is 420 g/mol. The summed E-state index contributed by atoms with van der Waals surface area (Å²) in [5, 5.41) is 11.2. The van der Waals surface area contributed by atoms with E-state index < -0.39 is 14.9 Å². The zero-order valence-corrected chi connectivity index (χ0v) is 18.8. The molecule has 9 nitrogen and oxygen atoms in total. The lowest BCUT2D eigenvalue weighted by atomic mass is 10.1. The van der Waals surface area contributed by atoms with Gasteiger partial charge in [0.25, 0.3) is 11.6 Å². The summed E-state index contributed by atoms with van der Waals surface area (Å²) in [6.45, 7) is 4.34. The first-order chi connectivity index (χ1) is 14.5. The van der Waals surface area contributed by atoms with Crippen LogP contribution < -0.4 is 4.90 Å². The van der Waals surface area contributed by atoms with Gasteiger partial charge in [-0.3, -0.25) is 14.9 Å². The van der Waals surface area contributed by atoms with E-state index in [1.165, 1.54) is 16.4 Å². The number of hydrogen-bond acceptors (Lipinski definition) is 6. The largest absolute Gasteiger partial charge is 0.377 e. The van der Waals surface area contributed by atoms with Gasteiger partial charge in [0.05, 0.1) is 15.4 Å². The molecule has 1 heterocycles. The summed E-state index contributed by atoms with van der Waals surface area (Å²) in [4.78, 5) is 27.3. The molecule has 1 aliphatic heterocycles.